The Kier molecular flexibility index (Phi) is 6.22. The number of alkyl halides is 1. The quantitative estimate of drug-likeness (QED) is 0.224. The summed E-state index contributed by atoms with van der Waals surface area (Å²) < 4.78 is 69.1. The van der Waals surface area contributed by atoms with Crippen LogP contribution in [-0.2, 0) is 19.7 Å². The second-order valence-corrected chi connectivity index (χ2v) is 13.4. The van der Waals surface area contributed by atoms with E-state index in [4.69, 9.17) is 11.6 Å². The normalized spacial score (nSPS) is 13.6. The van der Waals surface area contributed by atoms with Crippen LogP contribution >= 0.6 is 11.6 Å². The van der Waals surface area contributed by atoms with Crippen LogP contribution in [0.4, 0.5) is 4.39 Å². The van der Waals surface area contributed by atoms with E-state index in [1.54, 1.807) is 42.5 Å². The molecule has 0 saturated carbocycles. The summed E-state index contributed by atoms with van der Waals surface area (Å²) in [6.45, 7) is 3.66. The van der Waals surface area contributed by atoms with Crippen molar-refractivity contribution in [1.82, 2.24) is 4.98 Å². The van der Waals surface area contributed by atoms with Gasteiger partial charge in [0.05, 0.1) is 15.7 Å². The van der Waals surface area contributed by atoms with E-state index < -0.39 is 39.7 Å². The van der Waals surface area contributed by atoms with Crippen LogP contribution in [0.1, 0.15) is 11.5 Å². The summed E-state index contributed by atoms with van der Waals surface area (Å²) in [5.41, 5.74) is 1.46. The first-order valence-electron chi connectivity index (χ1n) is 11.2. The van der Waals surface area contributed by atoms with E-state index in [1.807, 2.05) is 0 Å². The third-order valence-electron chi connectivity index (χ3n) is 6.39. The number of hydrogen-bond acceptors (Lipinski definition) is 4. The van der Waals surface area contributed by atoms with Crippen molar-refractivity contribution < 1.29 is 21.2 Å². The minimum atomic E-state index is -5.10. The molecule has 0 unspecified atom stereocenters. The van der Waals surface area contributed by atoms with Crippen molar-refractivity contribution in [2.24, 2.45) is 0 Å². The standard InChI is InChI=1S/C28H21ClFNO4S2/c1-2-25(19-13-15-23-24-18-20(29)14-16-26(24)31-27(23)17-19)28(30,36(32,33)21-9-5-3-6-10-21)37(34,35)22-11-7-4-8-12-22/h2-18,25,31H,1H2/t25-/m0/s1. The van der Waals surface area contributed by atoms with Crippen LogP contribution in [-0.4, -0.2) is 26.2 Å². The maximum Gasteiger partial charge on any atom is 0.327 e. The van der Waals surface area contributed by atoms with Crippen LogP contribution in [0.2, 0.25) is 5.02 Å². The molecule has 0 aliphatic heterocycles. The Hall–Kier alpha value is -3.46. The number of aromatic nitrogens is 1. The molecule has 1 aromatic heterocycles. The third-order valence-corrected chi connectivity index (χ3v) is 11.7. The molecule has 0 spiro atoms. The monoisotopic (exact) mass is 553 g/mol. The van der Waals surface area contributed by atoms with Crippen LogP contribution in [0.15, 0.2) is 120 Å². The first-order valence-corrected chi connectivity index (χ1v) is 14.6. The van der Waals surface area contributed by atoms with Crippen molar-refractivity contribution in [3.63, 3.8) is 0 Å². The highest BCUT2D eigenvalue weighted by atomic mass is 35.5. The van der Waals surface area contributed by atoms with Gasteiger partial charge in [0.2, 0.25) is 19.7 Å². The molecule has 0 saturated heterocycles. The predicted molar refractivity (Wildman–Crippen MR) is 145 cm³/mol. The molecule has 0 radical (unpaired) electrons. The number of halogens is 2. The molecule has 0 fully saturated rings. The van der Waals surface area contributed by atoms with Gasteiger partial charge < -0.3 is 4.98 Å². The van der Waals surface area contributed by atoms with E-state index in [-0.39, 0.29) is 5.56 Å². The summed E-state index contributed by atoms with van der Waals surface area (Å²) >= 11 is 6.15. The lowest BCUT2D eigenvalue weighted by Crippen LogP contribution is -2.47. The fourth-order valence-electron chi connectivity index (χ4n) is 4.56. The zero-order chi connectivity index (χ0) is 26.4. The van der Waals surface area contributed by atoms with E-state index in [1.165, 1.54) is 54.6 Å². The number of H-pyrrole nitrogens is 1. The fourth-order valence-corrected chi connectivity index (χ4v) is 9.27. The molecule has 37 heavy (non-hydrogen) atoms. The molecule has 0 bridgehead atoms. The van der Waals surface area contributed by atoms with Crippen molar-refractivity contribution in [2.45, 2.75) is 20.0 Å². The number of allylic oxidation sites excluding steroid dienone is 1. The van der Waals surface area contributed by atoms with E-state index in [0.717, 1.165) is 22.4 Å². The van der Waals surface area contributed by atoms with Crippen molar-refractivity contribution >= 4 is 53.1 Å². The van der Waals surface area contributed by atoms with Crippen LogP contribution in [0, 0.1) is 0 Å². The van der Waals surface area contributed by atoms with E-state index >= 15 is 4.39 Å². The number of nitrogens with one attached hydrogen (secondary N) is 1. The summed E-state index contributed by atoms with van der Waals surface area (Å²) in [4.78, 5) is 2.30. The van der Waals surface area contributed by atoms with Crippen molar-refractivity contribution in [1.29, 1.82) is 0 Å². The largest absolute Gasteiger partial charge is 0.355 e. The number of aromatic amines is 1. The lowest BCUT2D eigenvalue weighted by molar-refractivity contribution is 0.331. The molecular formula is C28H21ClFNO4S2. The SMILES string of the molecule is C=C[C@@H](c1ccc2c(c1)[nH]c1ccc(Cl)cc12)C(F)(S(=O)(=O)c1ccccc1)S(=O)(=O)c1ccccc1. The Morgan fingerprint density at radius 3 is 1.86 bits per heavy atom. The van der Waals surface area contributed by atoms with Gasteiger partial charge in [0.15, 0.2) is 0 Å². The first kappa shape index (κ1) is 25.2. The average Bonchev–Trinajstić information content (AvgIpc) is 3.26. The molecule has 1 heterocycles. The molecule has 1 N–H and O–H groups in total. The Morgan fingerprint density at radius 1 is 0.757 bits per heavy atom. The smallest absolute Gasteiger partial charge is 0.327 e. The van der Waals surface area contributed by atoms with Gasteiger partial charge in [-0.2, -0.15) is 0 Å². The van der Waals surface area contributed by atoms with Gasteiger partial charge in [0.1, 0.15) is 0 Å². The van der Waals surface area contributed by atoms with Crippen molar-refractivity contribution in [3.05, 3.63) is 120 Å². The maximum atomic E-state index is 17.5. The first-order chi connectivity index (χ1) is 17.6. The van der Waals surface area contributed by atoms with Gasteiger partial charge in [-0.1, -0.05) is 66.2 Å². The van der Waals surface area contributed by atoms with Crippen molar-refractivity contribution in [2.75, 3.05) is 0 Å². The molecule has 9 heteroatoms. The highest BCUT2D eigenvalue weighted by Gasteiger charge is 2.62. The Labute approximate surface area is 219 Å². The average molecular weight is 554 g/mol. The van der Waals surface area contributed by atoms with Gasteiger partial charge in [-0.25, -0.2) is 21.2 Å². The maximum absolute atomic E-state index is 17.5. The zero-order valence-electron chi connectivity index (χ0n) is 19.3. The van der Waals surface area contributed by atoms with E-state index in [0.29, 0.717) is 10.5 Å². The lowest BCUT2D eigenvalue weighted by atomic mass is 9.98. The number of rotatable bonds is 7. The molecule has 0 amide bonds. The molecule has 0 aliphatic carbocycles. The van der Waals surface area contributed by atoms with E-state index in [9.17, 15) is 16.8 Å². The lowest BCUT2D eigenvalue weighted by Gasteiger charge is -2.31. The zero-order valence-corrected chi connectivity index (χ0v) is 21.7. The van der Waals surface area contributed by atoms with Crippen molar-refractivity contribution in [3.8, 4) is 0 Å². The van der Waals surface area contributed by atoms with Gasteiger partial charge in [-0.15, -0.1) is 6.58 Å². The third kappa shape index (κ3) is 3.87. The molecule has 5 nitrogen and oxygen atoms in total. The molecule has 188 valence electrons. The van der Waals surface area contributed by atoms with Gasteiger partial charge in [0.25, 0.3) is 0 Å². The number of sulfone groups is 2. The highest BCUT2D eigenvalue weighted by molar-refractivity contribution is 8.10. The Balaban J connectivity index is 1.78. The summed E-state index contributed by atoms with van der Waals surface area (Å²) in [5.74, 6) is -1.76. The van der Waals surface area contributed by atoms with Gasteiger partial charge >= 0.3 is 4.33 Å². The van der Waals surface area contributed by atoms with Crippen LogP contribution in [0.25, 0.3) is 21.8 Å². The molecule has 1 atom stereocenters. The summed E-state index contributed by atoms with van der Waals surface area (Å²) in [5, 5.41) is 2.13. The fraction of sp³-hybridized carbons (Fsp3) is 0.0714. The summed E-state index contributed by atoms with van der Waals surface area (Å²) in [7, 11) is -10.2. The summed E-state index contributed by atoms with van der Waals surface area (Å²) in [6, 6.07) is 23.5. The predicted octanol–water partition coefficient (Wildman–Crippen LogP) is 6.82. The molecule has 5 rings (SSSR count). The van der Waals surface area contributed by atoms with E-state index in [2.05, 4.69) is 11.6 Å². The molecule has 0 aliphatic rings. The topological polar surface area (TPSA) is 84.1 Å². The van der Waals surface area contributed by atoms with Gasteiger partial charge in [-0.3, -0.25) is 0 Å². The van der Waals surface area contributed by atoms with Crippen LogP contribution in [0.5, 0.6) is 0 Å². The second-order valence-electron chi connectivity index (χ2n) is 8.55. The number of fused-ring (bicyclic) bond motifs is 3. The van der Waals surface area contributed by atoms with Gasteiger partial charge in [0, 0.05) is 26.8 Å². The molecular weight excluding hydrogens is 533 g/mol. The van der Waals surface area contributed by atoms with Crippen LogP contribution < -0.4 is 0 Å². The Bertz CT molecular complexity index is 1780. The highest BCUT2D eigenvalue weighted by Crippen LogP contribution is 2.48. The molecule has 5 aromatic rings. The Morgan fingerprint density at radius 2 is 1.32 bits per heavy atom. The number of benzene rings is 4. The molecule has 4 aromatic carbocycles. The second kappa shape index (κ2) is 9.13. The van der Waals surface area contributed by atoms with Crippen LogP contribution in [0.3, 0.4) is 0 Å². The minimum Gasteiger partial charge on any atom is -0.355 e. The minimum absolute atomic E-state index is 0.127. The van der Waals surface area contributed by atoms with Gasteiger partial charge in [-0.05, 0) is 54.1 Å². The number of hydrogen-bond donors (Lipinski definition) is 1. The summed E-state index contributed by atoms with van der Waals surface area (Å²) in [6.07, 6.45) is 1.03.